The van der Waals surface area contributed by atoms with E-state index in [2.05, 4.69) is 186 Å². The molecule has 0 aliphatic carbocycles. The zero-order valence-electron chi connectivity index (χ0n) is 58.4. The van der Waals surface area contributed by atoms with Crippen molar-refractivity contribution in [2.45, 2.75) is 105 Å². The summed E-state index contributed by atoms with van der Waals surface area (Å²) in [6.45, 7) is 36.2. The first-order valence-corrected chi connectivity index (χ1v) is 33.3. The Kier molecular flexibility index (Phi) is 31.1. The molecule has 10 rings (SSSR count). The summed E-state index contributed by atoms with van der Waals surface area (Å²) in [5, 5.41) is 6.11. The highest BCUT2D eigenvalue weighted by atomic mass is 16.5. The van der Waals surface area contributed by atoms with Crippen LogP contribution in [0.25, 0.3) is 54.5 Å². The maximum absolute atomic E-state index is 10.8. The third-order valence-corrected chi connectivity index (χ3v) is 16.7. The molecule has 5 aromatic heterocycles. The molecule has 0 atom stereocenters. The van der Waals surface area contributed by atoms with Gasteiger partial charge in [-0.3, -0.25) is 14.6 Å². The van der Waals surface area contributed by atoms with Crippen molar-refractivity contribution in [3.63, 3.8) is 0 Å². The van der Waals surface area contributed by atoms with Gasteiger partial charge >= 0.3 is 5.97 Å². The first-order valence-electron chi connectivity index (χ1n) is 33.3. The van der Waals surface area contributed by atoms with Crippen LogP contribution < -0.4 is 29.4 Å². The Morgan fingerprint density at radius 1 is 0.447 bits per heavy atom. The van der Waals surface area contributed by atoms with Crippen molar-refractivity contribution < 1.29 is 28.5 Å². The SMILES string of the molecule is C=CCN(C)CCc1c[nH]c2ccc(OC)cc12.C=CCN(CC=C)CCc1c[nH]c2ccc(OC)cc12.CC(=O)Oc1ccc2[nH]cc(CCN)c2c1.CCCN(CCC)CCc1c[nH]c2ccc(OC)cc12.COc1ccc2[nH]cc(CCN(C(C)C)C(C)C)c2c1. The van der Waals surface area contributed by atoms with E-state index in [0.29, 0.717) is 24.4 Å². The van der Waals surface area contributed by atoms with Crippen molar-refractivity contribution in [2.24, 2.45) is 5.73 Å². The fourth-order valence-electron chi connectivity index (χ4n) is 11.8. The molecular weight excluding hydrogens is 1170 g/mol. The molecule has 94 heavy (non-hydrogen) atoms. The molecule has 0 unspecified atom stereocenters. The first kappa shape index (κ1) is 74.5. The van der Waals surface area contributed by atoms with E-state index in [1.807, 2.05) is 60.8 Å². The third kappa shape index (κ3) is 22.3. The highest BCUT2D eigenvalue weighted by molar-refractivity contribution is 5.88. The smallest absolute Gasteiger partial charge is 0.308 e. The number of carbonyl (C=O) groups is 1. The van der Waals surface area contributed by atoms with Gasteiger partial charge in [-0.05, 0) is 218 Å². The van der Waals surface area contributed by atoms with Crippen LogP contribution in [0, 0.1) is 0 Å². The van der Waals surface area contributed by atoms with E-state index in [1.54, 1.807) is 34.5 Å². The highest BCUT2D eigenvalue weighted by Gasteiger charge is 2.16. The average Bonchev–Trinajstić information content (AvgIpc) is 1.74. The molecule has 7 N–H and O–H groups in total. The molecule has 16 heteroatoms. The van der Waals surface area contributed by atoms with Crippen LogP contribution in [0.1, 0.15) is 89.1 Å². The minimum absolute atomic E-state index is 0.310. The topological polar surface area (TPSA) is 181 Å². The lowest BCUT2D eigenvalue weighted by molar-refractivity contribution is -0.131. The van der Waals surface area contributed by atoms with Crippen LogP contribution in [0.5, 0.6) is 28.7 Å². The van der Waals surface area contributed by atoms with E-state index < -0.39 is 0 Å². The lowest BCUT2D eigenvalue weighted by Gasteiger charge is -2.30. The van der Waals surface area contributed by atoms with Crippen LogP contribution in [-0.2, 0) is 36.9 Å². The Morgan fingerprint density at radius 2 is 0.755 bits per heavy atom. The summed E-state index contributed by atoms with van der Waals surface area (Å²) in [6, 6.07) is 31.4. The number of likely N-dealkylation sites (N-methyl/N-ethyl adjacent to an activating group) is 1. The van der Waals surface area contributed by atoms with E-state index in [9.17, 15) is 4.79 Å². The molecule has 5 aromatic carbocycles. The number of rotatable bonds is 31. The Balaban J connectivity index is 0.000000187. The molecular formula is C78H108N10O6. The van der Waals surface area contributed by atoms with Crippen molar-refractivity contribution >= 4 is 60.5 Å². The molecule has 0 aliphatic rings. The van der Waals surface area contributed by atoms with Gasteiger partial charge in [-0.1, -0.05) is 32.1 Å². The van der Waals surface area contributed by atoms with Gasteiger partial charge in [0.15, 0.2) is 0 Å². The maximum Gasteiger partial charge on any atom is 0.308 e. The number of aromatic amines is 5. The van der Waals surface area contributed by atoms with Crippen LogP contribution in [0.3, 0.4) is 0 Å². The molecule has 0 saturated carbocycles. The van der Waals surface area contributed by atoms with Crippen LogP contribution >= 0.6 is 0 Å². The molecule has 0 amide bonds. The number of fused-ring (bicyclic) bond motifs is 5. The van der Waals surface area contributed by atoms with Crippen LogP contribution in [0.2, 0.25) is 0 Å². The number of methoxy groups -OCH3 is 4. The number of hydrogen-bond donors (Lipinski definition) is 6. The zero-order chi connectivity index (χ0) is 67.9. The Bertz CT molecular complexity index is 3860. The number of H-pyrrole nitrogens is 5. The van der Waals surface area contributed by atoms with E-state index in [4.69, 9.17) is 29.4 Å². The fourth-order valence-corrected chi connectivity index (χ4v) is 11.8. The van der Waals surface area contributed by atoms with Gasteiger partial charge in [0, 0.05) is 150 Å². The quantitative estimate of drug-likeness (QED) is 0.0138. The monoisotopic (exact) mass is 1280 g/mol. The predicted molar refractivity (Wildman–Crippen MR) is 395 cm³/mol. The number of aromatic nitrogens is 5. The Morgan fingerprint density at radius 3 is 1.06 bits per heavy atom. The predicted octanol–water partition coefficient (Wildman–Crippen LogP) is 15.5. The van der Waals surface area contributed by atoms with Gasteiger partial charge < -0.3 is 64.1 Å². The van der Waals surface area contributed by atoms with Crippen LogP contribution in [0.4, 0.5) is 0 Å². The zero-order valence-corrected chi connectivity index (χ0v) is 58.4. The van der Waals surface area contributed by atoms with Crippen LogP contribution in [-0.4, -0.2) is 164 Å². The standard InChI is InChI=1S/2C17H26N2O.C17H22N2O.C15H20N2O.C12H14N2O2/c1-12(2)19(13(3)4)9-8-14-11-18-17-7-6-15(20-5)10-16(14)17;2*1-4-9-19(10-5-2)11-8-14-13-18-17-7-6-15(20-3)12-16(14)17;1-4-8-17(2)9-7-12-11-16-15-6-5-13(18-3)10-14(12)15;1-8(15)16-10-2-3-12-11(6-10)9(4-5-13)7-14-12/h6-7,10-13,18H,8-9H2,1-5H3;6-7,12-13,18H,4-5,8-11H2,1-3H3;4-7,12-13,18H,1-2,8-11H2,3H3;4-6,10-11,16H,1,7-9H2,2-3H3;2-3,6-7,14H,4-5,13H2,1H3. The van der Waals surface area contributed by atoms with Gasteiger partial charge in [0.25, 0.3) is 0 Å². The fraction of sp³-hybridized carbons (Fsp3) is 0.397. The average molecular weight is 1280 g/mol. The third-order valence-electron chi connectivity index (χ3n) is 16.7. The summed E-state index contributed by atoms with van der Waals surface area (Å²) in [5.74, 6) is 3.91. The van der Waals surface area contributed by atoms with Gasteiger partial charge in [0.05, 0.1) is 28.4 Å². The van der Waals surface area contributed by atoms with Gasteiger partial charge in [-0.25, -0.2) is 0 Å². The molecule has 0 spiro atoms. The van der Waals surface area contributed by atoms with Crippen molar-refractivity contribution in [3.8, 4) is 28.7 Å². The summed E-state index contributed by atoms with van der Waals surface area (Å²) in [7, 11) is 8.94. The second kappa shape index (κ2) is 39.3. The largest absolute Gasteiger partial charge is 0.497 e. The Labute approximate surface area is 559 Å². The Hall–Kier alpha value is -8.51. The normalized spacial score (nSPS) is 11.2. The second-order valence-corrected chi connectivity index (χ2v) is 24.2. The van der Waals surface area contributed by atoms with Gasteiger partial charge in [0.2, 0.25) is 0 Å². The minimum atomic E-state index is -0.310. The van der Waals surface area contributed by atoms with Crippen molar-refractivity contribution in [2.75, 3.05) is 101 Å². The second-order valence-electron chi connectivity index (χ2n) is 24.2. The van der Waals surface area contributed by atoms with Crippen molar-refractivity contribution in [1.82, 2.24) is 44.5 Å². The molecule has 506 valence electrons. The molecule has 0 radical (unpaired) electrons. The van der Waals surface area contributed by atoms with E-state index in [-0.39, 0.29) is 5.97 Å². The lowest BCUT2D eigenvalue weighted by atomic mass is 10.1. The number of nitrogens with one attached hydrogen (secondary N) is 5. The van der Waals surface area contributed by atoms with Gasteiger partial charge in [-0.15, -0.1) is 19.7 Å². The van der Waals surface area contributed by atoms with Gasteiger partial charge in [-0.2, -0.15) is 0 Å². The number of nitrogens with two attached hydrogens (primary N) is 1. The minimum Gasteiger partial charge on any atom is -0.497 e. The molecule has 0 fully saturated rings. The van der Waals surface area contributed by atoms with Crippen molar-refractivity contribution in [3.05, 3.63) is 188 Å². The lowest BCUT2D eigenvalue weighted by Crippen LogP contribution is -2.38. The maximum atomic E-state index is 10.8. The summed E-state index contributed by atoms with van der Waals surface area (Å²) >= 11 is 0. The molecule has 5 heterocycles. The first-order chi connectivity index (χ1) is 45.5. The molecule has 0 bridgehead atoms. The van der Waals surface area contributed by atoms with Crippen LogP contribution in [0.15, 0.2) is 160 Å². The molecule has 16 nitrogen and oxygen atoms in total. The summed E-state index contributed by atoms with van der Waals surface area (Å²) < 4.78 is 26.3. The number of carbonyl (C=O) groups excluding carboxylic acids is 1. The summed E-state index contributed by atoms with van der Waals surface area (Å²) in [6.07, 6.45) is 23.6. The summed E-state index contributed by atoms with van der Waals surface area (Å²) in [4.78, 5) is 37.0. The van der Waals surface area contributed by atoms with Gasteiger partial charge in [0.1, 0.15) is 28.7 Å². The number of hydrogen-bond acceptors (Lipinski definition) is 11. The molecule has 0 aliphatic heterocycles. The number of nitrogens with zero attached hydrogens (tertiary/aromatic N) is 4. The van der Waals surface area contributed by atoms with E-state index in [0.717, 1.165) is 128 Å². The van der Waals surface area contributed by atoms with Crippen molar-refractivity contribution in [1.29, 1.82) is 0 Å². The number of benzene rings is 5. The summed E-state index contributed by atoms with van der Waals surface area (Å²) in [5.41, 5.74) is 17.8. The molecule has 10 aromatic rings. The number of ether oxygens (including phenoxy) is 5. The molecule has 0 saturated heterocycles. The van der Waals surface area contributed by atoms with E-state index >= 15 is 0 Å². The highest BCUT2D eigenvalue weighted by Crippen LogP contribution is 2.29. The number of esters is 1. The van der Waals surface area contributed by atoms with E-state index in [1.165, 1.54) is 87.7 Å².